The van der Waals surface area contributed by atoms with Gasteiger partial charge in [-0.1, -0.05) is 6.07 Å². The Hall–Kier alpha value is -1.17. The molecule has 0 radical (unpaired) electrons. The maximum Gasteiger partial charge on any atom is 0.146 e. The molecule has 0 bridgehead atoms. The smallest absolute Gasteiger partial charge is 0.146 e. The van der Waals surface area contributed by atoms with Crippen LogP contribution in [0.2, 0.25) is 0 Å². The number of ether oxygens (including phenoxy) is 1. The van der Waals surface area contributed by atoms with Gasteiger partial charge in [-0.15, -0.1) is 0 Å². The second-order valence-electron chi connectivity index (χ2n) is 5.68. The number of hydrogen-bond donors (Lipinski definition) is 1. The van der Waals surface area contributed by atoms with Gasteiger partial charge >= 0.3 is 0 Å². The summed E-state index contributed by atoms with van der Waals surface area (Å²) in [6.07, 6.45) is 1.19. The topological polar surface area (TPSA) is 41.7 Å². The lowest BCUT2D eigenvalue weighted by atomic mass is 10.2. The largest absolute Gasteiger partial charge is 0.396 e. The van der Waals surface area contributed by atoms with Crippen molar-refractivity contribution < 1.29 is 9.13 Å². The third-order valence-corrected chi connectivity index (χ3v) is 4.28. The number of anilines is 1. The van der Waals surface area contributed by atoms with Gasteiger partial charge in [0.15, 0.2) is 0 Å². The van der Waals surface area contributed by atoms with Gasteiger partial charge in [0.05, 0.1) is 18.9 Å². The van der Waals surface area contributed by atoms with Crippen molar-refractivity contribution in [2.75, 3.05) is 45.1 Å². The zero-order valence-corrected chi connectivity index (χ0v) is 11.7. The fraction of sp³-hybridized carbons (Fsp3) is 0.600. The van der Waals surface area contributed by atoms with Crippen molar-refractivity contribution in [2.45, 2.75) is 19.0 Å². The van der Waals surface area contributed by atoms with Crippen LogP contribution < -0.4 is 5.73 Å². The number of rotatable bonds is 3. The molecule has 2 aliphatic rings. The number of nitrogens with two attached hydrogens (primary N) is 1. The van der Waals surface area contributed by atoms with Crippen LogP contribution in [-0.4, -0.2) is 55.2 Å². The quantitative estimate of drug-likeness (QED) is 0.847. The van der Waals surface area contributed by atoms with Crippen LogP contribution in [0.15, 0.2) is 18.2 Å². The lowest BCUT2D eigenvalue weighted by Gasteiger charge is -2.32. The van der Waals surface area contributed by atoms with Crippen LogP contribution in [0.5, 0.6) is 0 Å². The summed E-state index contributed by atoms with van der Waals surface area (Å²) in [4.78, 5) is 4.91. The second kappa shape index (κ2) is 6.08. The monoisotopic (exact) mass is 279 g/mol. The third-order valence-electron chi connectivity index (χ3n) is 4.28. The molecule has 4 nitrogen and oxygen atoms in total. The molecule has 0 aromatic heterocycles. The van der Waals surface area contributed by atoms with Gasteiger partial charge in [-0.2, -0.15) is 0 Å². The molecule has 2 fully saturated rings. The van der Waals surface area contributed by atoms with Crippen molar-refractivity contribution in [3.63, 3.8) is 0 Å². The van der Waals surface area contributed by atoms with Crippen LogP contribution >= 0.6 is 0 Å². The van der Waals surface area contributed by atoms with Gasteiger partial charge in [-0.3, -0.25) is 9.80 Å². The van der Waals surface area contributed by atoms with Gasteiger partial charge in [0.2, 0.25) is 0 Å². The van der Waals surface area contributed by atoms with E-state index in [2.05, 4.69) is 9.80 Å². The van der Waals surface area contributed by atoms with Gasteiger partial charge in [-0.05, 0) is 24.1 Å². The molecule has 0 saturated carbocycles. The van der Waals surface area contributed by atoms with E-state index in [0.29, 0.717) is 6.04 Å². The van der Waals surface area contributed by atoms with Crippen molar-refractivity contribution >= 4 is 5.69 Å². The van der Waals surface area contributed by atoms with Gasteiger partial charge in [0.1, 0.15) is 5.82 Å². The first-order chi connectivity index (χ1) is 9.72. The molecular weight excluding hydrogens is 257 g/mol. The first kappa shape index (κ1) is 13.8. The first-order valence-electron chi connectivity index (χ1n) is 7.30. The molecule has 2 saturated heterocycles. The summed E-state index contributed by atoms with van der Waals surface area (Å²) in [5.41, 5.74) is 6.73. The molecule has 5 heteroatoms. The van der Waals surface area contributed by atoms with Crippen LogP contribution in [0.1, 0.15) is 12.0 Å². The average Bonchev–Trinajstić information content (AvgIpc) is 2.92. The number of hydrogen-bond acceptors (Lipinski definition) is 4. The summed E-state index contributed by atoms with van der Waals surface area (Å²) in [7, 11) is 0. The zero-order valence-electron chi connectivity index (χ0n) is 11.7. The minimum Gasteiger partial charge on any atom is -0.396 e. The summed E-state index contributed by atoms with van der Waals surface area (Å²) in [5, 5.41) is 0. The molecule has 1 aromatic rings. The number of nitrogen functional groups attached to an aromatic ring is 1. The SMILES string of the molecule is Nc1ccc(CN2CCC(N3CCOCC3)C2)cc1F. The highest BCUT2D eigenvalue weighted by Gasteiger charge is 2.28. The number of morpholine rings is 1. The van der Waals surface area contributed by atoms with E-state index in [1.165, 1.54) is 6.42 Å². The summed E-state index contributed by atoms with van der Waals surface area (Å²) < 4.78 is 18.9. The molecule has 3 rings (SSSR count). The summed E-state index contributed by atoms with van der Waals surface area (Å²) in [6.45, 7) is 6.71. The third kappa shape index (κ3) is 3.11. The van der Waals surface area contributed by atoms with E-state index < -0.39 is 0 Å². The zero-order chi connectivity index (χ0) is 13.9. The van der Waals surface area contributed by atoms with Gasteiger partial charge in [-0.25, -0.2) is 4.39 Å². The van der Waals surface area contributed by atoms with Crippen molar-refractivity contribution in [2.24, 2.45) is 0 Å². The Kier molecular flexibility index (Phi) is 4.19. The molecular formula is C15H22FN3O. The minimum absolute atomic E-state index is 0.223. The van der Waals surface area contributed by atoms with Crippen molar-refractivity contribution in [1.29, 1.82) is 0 Å². The molecule has 1 unspecified atom stereocenters. The molecule has 2 N–H and O–H groups in total. The van der Waals surface area contributed by atoms with E-state index in [0.717, 1.165) is 51.5 Å². The molecule has 0 spiro atoms. The predicted octanol–water partition coefficient (Wildman–Crippen LogP) is 1.31. The standard InChI is InChI=1S/C15H22FN3O/c16-14-9-12(1-2-15(14)17)10-18-4-3-13(11-18)19-5-7-20-8-6-19/h1-2,9,13H,3-8,10-11,17H2. The Morgan fingerprint density at radius 1 is 1.25 bits per heavy atom. The van der Waals surface area contributed by atoms with E-state index in [1.54, 1.807) is 12.1 Å². The van der Waals surface area contributed by atoms with Gasteiger partial charge in [0.25, 0.3) is 0 Å². The highest BCUT2D eigenvalue weighted by atomic mass is 19.1. The highest BCUT2D eigenvalue weighted by Crippen LogP contribution is 2.20. The van der Waals surface area contributed by atoms with Crippen LogP contribution in [-0.2, 0) is 11.3 Å². The van der Waals surface area contributed by atoms with Crippen molar-refractivity contribution in [3.05, 3.63) is 29.6 Å². The summed E-state index contributed by atoms with van der Waals surface area (Å²) in [6, 6.07) is 5.75. The molecule has 1 atom stereocenters. The number of likely N-dealkylation sites (tertiary alicyclic amines) is 1. The maximum atomic E-state index is 13.5. The van der Waals surface area contributed by atoms with E-state index in [4.69, 9.17) is 10.5 Å². The van der Waals surface area contributed by atoms with Crippen LogP contribution in [0.3, 0.4) is 0 Å². The predicted molar refractivity (Wildman–Crippen MR) is 76.9 cm³/mol. The van der Waals surface area contributed by atoms with Gasteiger partial charge in [0, 0.05) is 38.8 Å². The molecule has 2 heterocycles. The van der Waals surface area contributed by atoms with E-state index in [9.17, 15) is 4.39 Å². The van der Waals surface area contributed by atoms with E-state index in [-0.39, 0.29) is 11.5 Å². The lowest BCUT2D eigenvalue weighted by molar-refractivity contribution is 0.0184. The Balaban J connectivity index is 1.55. The lowest BCUT2D eigenvalue weighted by Crippen LogP contribution is -2.44. The maximum absolute atomic E-state index is 13.5. The Bertz CT molecular complexity index is 462. The molecule has 1 aromatic carbocycles. The fourth-order valence-corrected chi connectivity index (χ4v) is 3.12. The Morgan fingerprint density at radius 2 is 2.05 bits per heavy atom. The van der Waals surface area contributed by atoms with Gasteiger partial charge < -0.3 is 10.5 Å². The molecule has 2 aliphatic heterocycles. The van der Waals surface area contributed by atoms with E-state index in [1.807, 2.05) is 6.07 Å². The molecule has 0 aliphatic carbocycles. The minimum atomic E-state index is -0.313. The van der Waals surface area contributed by atoms with Crippen LogP contribution in [0, 0.1) is 5.82 Å². The number of benzene rings is 1. The van der Waals surface area contributed by atoms with Crippen molar-refractivity contribution in [3.8, 4) is 0 Å². The second-order valence-corrected chi connectivity index (χ2v) is 5.68. The average molecular weight is 279 g/mol. The highest BCUT2D eigenvalue weighted by molar-refractivity contribution is 5.41. The molecule has 20 heavy (non-hydrogen) atoms. The summed E-state index contributed by atoms with van der Waals surface area (Å²) in [5.74, 6) is -0.313. The fourth-order valence-electron chi connectivity index (χ4n) is 3.12. The first-order valence-corrected chi connectivity index (χ1v) is 7.30. The van der Waals surface area contributed by atoms with Crippen LogP contribution in [0.25, 0.3) is 0 Å². The number of nitrogens with zero attached hydrogens (tertiary/aromatic N) is 2. The normalized spacial score (nSPS) is 25.1. The summed E-state index contributed by atoms with van der Waals surface area (Å²) >= 11 is 0. The Labute approximate surface area is 119 Å². The number of halogens is 1. The van der Waals surface area contributed by atoms with Crippen LogP contribution in [0.4, 0.5) is 10.1 Å². The van der Waals surface area contributed by atoms with E-state index >= 15 is 0 Å². The Morgan fingerprint density at radius 3 is 2.80 bits per heavy atom. The molecule has 110 valence electrons. The van der Waals surface area contributed by atoms with Crippen molar-refractivity contribution in [1.82, 2.24) is 9.80 Å². The molecule has 0 amide bonds.